The van der Waals surface area contributed by atoms with Gasteiger partial charge in [-0.15, -0.1) is 0 Å². The van der Waals surface area contributed by atoms with Gasteiger partial charge in [0.25, 0.3) is 0 Å². The summed E-state index contributed by atoms with van der Waals surface area (Å²) in [6.45, 7) is 2.33. The summed E-state index contributed by atoms with van der Waals surface area (Å²) in [4.78, 5) is 17.5. The third kappa shape index (κ3) is 2.34. The monoisotopic (exact) mass is 287 g/mol. The molecule has 1 amide bonds. The van der Waals surface area contributed by atoms with Crippen LogP contribution in [0.5, 0.6) is 0 Å². The van der Waals surface area contributed by atoms with Crippen LogP contribution in [0, 0.1) is 0 Å². The second-order valence-electron chi connectivity index (χ2n) is 4.73. The van der Waals surface area contributed by atoms with Crippen molar-refractivity contribution >= 4 is 34.6 Å². The fraction of sp³-hybridized carbons (Fsp3) is 0.200. The van der Waals surface area contributed by atoms with Crippen LogP contribution in [0.4, 0.5) is 17.1 Å². The van der Waals surface area contributed by atoms with E-state index in [9.17, 15) is 4.79 Å². The lowest BCUT2D eigenvalue weighted by Crippen LogP contribution is -2.26. The van der Waals surface area contributed by atoms with Crippen LogP contribution < -0.4 is 10.2 Å². The molecular formula is C15H14ClN3O. The Morgan fingerprint density at radius 1 is 1.40 bits per heavy atom. The molecule has 0 spiro atoms. The van der Waals surface area contributed by atoms with E-state index in [0.29, 0.717) is 5.15 Å². The van der Waals surface area contributed by atoms with Crippen LogP contribution in [0.15, 0.2) is 36.5 Å². The molecule has 5 heteroatoms. The van der Waals surface area contributed by atoms with Gasteiger partial charge in [-0.1, -0.05) is 23.7 Å². The first kappa shape index (κ1) is 12.9. The number of benzene rings is 1. The number of nitrogens with zero attached hydrogens (tertiary/aromatic N) is 2. The van der Waals surface area contributed by atoms with Crippen molar-refractivity contribution in [1.82, 2.24) is 4.98 Å². The van der Waals surface area contributed by atoms with Crippen molar-refractivity contribution < 1.29 is 4.79 Å². The highest BCUT2D eigenvalue weighted by Gasteiger charge is 2.24. The smallest absolute Gasteiger partial charge is 0.223 e. The number of hydrogen-bond acceptors (Lipinski definition) is 3. The first-order valence-electron chi connectivity index (χ1n) is 6.44. The minimum atomic E-state index is 0.0609. The van der Waals surface area contributed by atoms with Crippen molar-refractivity contribution in [3.63, 3.8) is 0 Å². The SMILES string of the molecule is CC(=O)N1CCc2cccc(Nc3ccnc(Cl)c3)c21. The Labute approximate surface area is 122 Å². The molecule has 1 aromatic heterocycles. The summed E-state index contributed by atoms with van der Waals surface area (Å²) in [5.41, 5.74) is 3.92. The lowest BCUT2D eigenvalue weighted by Gasteiger charge is -2.19. The molecule has 4 nitrogen and oxygen atoms in total. The first-order chi connectivity index (χ1) is 9.65. The summed E-state index contributed by atoms with van der Waals surface area (Å²) >= 11 is 5.89. The Morgan fingerprint density at radius 2 is 2.25 bits per heavy atom. The maximum absolute atomic E-state index is 11.7. The minimum Gasteiger partial charge on any atom is -0.354 e. The van der Waals surface area contributed by atoms with Crippen molar-refractivity contribution in [2.45, 2.75) is 13.3 Å². The van der Waals surface area contributed by atoms with E-state index in [-0.39, 0.29) is 5.91 Å². The summed E-state index contributed by atoms with van der Waals surface area (Å²) in [6.07, 6.45) is 2.54. The Morgan fingerprint density at radius 3 is 3.00 bits per heavy atom. The lowest BCUT2D eigenvalue weighted by atomic mass is 10.1. The lowest BCUT2D eigenvalue weighted by molar-refractivity contribution is -0.116. The Kier molecular flexibility index (Phi) is 3.32. The van der Waals surface area contributed by atoms with E-state index in [1.165, 1.54) is 5.56 Å². The molecule has 0 fully saturated rings. The van der Waals surface area contributed by atoms with Gasteiger partial charge in [0.1, 0.15) is 5.15 Å². The number of aromatic nitrogens is 1. The van der Waals surface area contributed by atoms with Crippen molar-refractivity contribution in [3.05, 3.63) is 47.2 Å². The quantitative estimate of drug-likeness (QED) is 0.861. The fourth-order valence-electron chi connectivity index (χ4n) is 2.51. The van der Waals surface area contributed by atoms with E-state index in [0.717, 1.165) is 30.0 Å². The molecular weight excluding hydrogens is 274 g/mol. The summed E-state index contributed by atoms with van der Waals surface area (Å²) in [5.74, 6) is 0.0609. The highest BCUT2D eigenvalue weighted by molar-refractivity contribution is 6.29. The maximum Gasteiger partial charge on any atom is 0.223 e. The van der Waals surface area contributed by atoms with Crippen LogP contribution in [0.3, 0.4) is 0 Å². The van der Waals surface area contributed by atoms with E-state index in [1.54, 1.807) is 24.1 Å². The number of carbonyl (C=O) groups excluding carboxylic acids is 1. The molecule has 0 radical (unpaired) electrons. The van der Waals surface area contributed by atoms with Gasteiger partial charge in [0.15, 0.2) is 0 Å². The number of anilines is 3. The molecule has 0 atom stereocenters. The van der Waals surface area contributed by atoms with E-state index in [1.807, 2.05) is 18.2 Å². The Hall–Kier alpha value is -2.07. The molecule has 20 heavy (non-hydrogen) atoms. The van der Waals surface area contributed by atoms with Crippen LogP contribution in [-0.4, -0.2) is 17.4 Å². The average Bonchev–Trinajstić information content (AvgIpc) is 2.84. The van der Waals surface area contributed by atoms with Gasteiger partial charge in [0.2, 0.25) is 5.91 Å². The third-order valence-electron chi connectivity index (χ3n) is 3.38. The zero-order valence-corrected chi connectivity index (χ0v) is 11.8. The first-order valence-corrected chi connectivity index (χ1v) is 6.81. The number of halogens is 1. The van der Waals surface area contributed by atoms with Gasteiger partial charge in [-0.2, -0.15) is 0 Å². The largest absolute Gasteiger partial charge is 0.354 e. The number of para-hydroxylation sites is 1. The molecule has 0 aliphatic carbocycles. The molecule has 1 aliphatic heterocycles. The molecule has 0 bridgehead atoms. The summed E-state index contributed by atoms with van der Waals surface area (Å²) in [5, 5.41) is 3.75. The van der Waals surface area contributed by atoms with Gasteiger partial charge in [-0.3, -0.25) is 4.79 Å². The molecule has 3 rings (SSSR count). The standard InChI is InChI=1S/C15H14ClN3O/c1-10(20)19-8-6-11-3-2-4-13(15(11)19)18-12-5-7-17-14(16)9-12/h2-5,7,9H,6,8H2,1H3,(H,17,18). The summed E-state index contributed by atoms with van der Waals surface area (Å²) in [7, 11) is 0. The normalized spacial score (nSPS) is 13.2. The van der Waals surface area contributed by atoms with Gasteiger partial charge in [0.05, 0.1) is 11.4 Å². The summed E-state index contributed by atoms with van der Waals surface area (Å²) < 4.78 is 0. The van der Waals surface area contributed by atoms with Gasteiger partial charge in [0, 0.05) is 25.4 Å². The number of nitrogens with one attached hydrogen (secondary N) is 1. The van der Waals surface area contributed by atoms with Crippen LogP contribution in [0.25, 0.3) is 0 Å². The topological polar surface area (TPSA) is 45.2 Å². The number of fused-ring (bicyclic) bond motifs is 1. The zero-order valence-electron chi connectivity index (χ0n) is 11.1. The number of rotatable bonds is 2. The van der Waals surface area contributed by atoms with E-state index < -0.39 is 0 Å². The predicted octanol–water partition coefficient (Wildman–Crippen LogP) is 3.39. The molecule has 1 aliphatic rings. The zero-order chi connectivity index (χ0) is 14.1. The van der Waals surface area contributed by atoms with E-state index in [4.69, 9.17) is 11.6 Å². The molecule has 0 unspecified atom stereocenters. The molecule has 2 heterocycles. The maximum atomic E-state index is 11.7. The predicted molar refractivity (Wildman–Crippen MR) is 80.7 cm³/mol. The molecule has 0 saturated heterocycles. The molecule has 1 N–H and O–H groups in total. The average molecular weight is 288 g/mol. The van der Waals surface area contributed by atoms with Crippen molar-refractivity contribution in [3.8, 4) is 0 Å². The summed E-state index contributed by atoms with van der Waals surface area (Å²) in [6, 6.07) is 9.62. The molecule has 102 valence electrons. The highest BCUT2D eigenvalue weighted by Crippen LogP contribution is 2.37. The fourth-order valence-corrected chi connectivity index (χ4v) is 2.68. The van der Waals surface area contributed by atoms with Crippen LogP contribution >= 0.6 is 11.6 Å². The third-order valence-corrected chi connectivity index (χ3v) is 3.59. The molecule has 1 aromatic carbocycles. The van der Waals surface area contributed by atoms with E-state index >= 15 is 0 Å². The Bertz CT molecular complexity index is 672. The molecule has 0 saturated carbocycles. The van der Waals surface area contributed by atoms with Crippen LogP contribution in [0.2, 0.25) is 5.15 Å². The van der Waals surface area contributed by atoms with Crippen LogP contribution in [0.1, 0.15) is 12.5 Å². The van der Waals surface area contributed by atoms with Crippen molar-refractivity contribution in [2.24, 2.45) is 0 Å². The number of carbonyl (C=O) groups is 1. The Balaban J connectivity index is 1.99. The second-order valence-corrected chi connectivity index (χ2v) is 5.11. The molecule has 2 aromatic rings. The van der Waals surface area contributed by atoms with Gasteiger partial charge in [-0.25, -0.2) is 4.98 Å². The van der Waals surface area contributed by atoms with Crippen LogP contribution in [-0.2, 0) is 11.2 Å². The van der Waals surface area contributed by atoms with Crippen molar-refractivity contribution in [2.75, 3.05) is 16.8 Å². The number of hydrogen-bond donors (Lipinski definition) is 1. The van der Waals surface area contributed by atoms with Gasteiger partial charge in [-0.05, 0) is 30.2 Å². The second kappa shape index (κ2) is 5.13. The minimum absolute atomic E-state index is 0.0609. The van der Waals surface area contributed by atoms with Gasteiger partial charge < -0.3 is 10.2 Å². The number of amides is 1. The highest BCUT2D eigenvalue weighted by atomic mass is 35.5. The van der Waals surface area contributed by atoms with E-state index in [2.05, 4.69) is 16.4 Å². The van der Waals surface area contributed by atoms with Crippen molar-refractivity contribution in [1.29, 1.82) is 0 Å². The number of pyridine rings is 1. The van der Waals surface area contributed by atoms with Gasteiger partial charge >= 0.3 is 0 Å².